The highest BCUT2D eigenvalue weighted by atomic mass is 16.1. The number of nitrogens with one attached hydrogen (secondary N) is 1. The number of carbonyl (C=O) groups excluding carboxylic acids is 1. The first-order valence-electron chi connectivity index (χ1n) is 5.71. The zero-order chi connectivity index (χ0) is 13.0. The van der Waals surface area contributed by atoms with E-state index in [2.05, 4.69) is 10.3 Å². The number of nitrogens with two attached hydrogens (primary N) is 1. The van der Waals surface area contributed by atoms with Crippen LogP contribution in [0.1, 0.15) is 21.6 Å². The molecule has 92 valence electrons. The van der Waals surface area contributed by atoms with E-state index in [-0.39, 0.29) is 5.91 Å². The summed E-state index contributed by atoms with van der Waals surface area (Å²) in [4.78, 5) is 16.0. The number of rotatable bonds is 3. The van der Waals surface area contributed by atoms with Gasteiger partial charge in [0.1, 0.15) is 5.82 Å². The summed E-state index contributed by atoms with van der Waals surface area (Å²) >= 11 is 0. The van der Waals surface area contributed by atoms with Gasteiger partial charge in [0.25, 0.3) is 5.91 Å². The van der Waals surface area contributed by atoms with Gasteiger partial charge in [0.2, 0.25) is 0 Å². The maximum absolute atomic E-state index is 11.9. The average Bonchev–Trinajstić information content (AvgIpc) is 2.36. The van der Waals surface area contributed by atoms with E-state index < -0.39 is 0 Å². The number of amides is 1. The Kier molecular flexibility index (Phi) is 3.57. The SMILES string of the molecule is Cc1cc(C(=O)NCc2ccccc2)cc(N)n1. The number of anilines is 1. The summed E-state index contributed by atoms with van der Waals surface area (Å²) in [6.45, 7) is 2.31. The van der Waals surface area contributed by atoms with Crippen LogP contribution in [0.5, 0.6) is 0 Å². The molecule has 18 heavy (non-hydrogen) atoms. The standard InChI is InChI=1S/C14H15N3O/c1-10-7-12(8-13(15)17-10)14(18)16-9-11-5-3-2-4-6-11/h2-8H,9H2,1H3,(H2,15,17)(H,16,18). The zero-order valence-corrected chi connectivity index (χ0v) is 10.2. The van der Waals surface area contributed by atoms with Crippen molar-refractivity contribution in [3.05, 3.63) is 59.3 Å². The molecule has 2 rings (SSSR count). The van der Waals surface area contributed by atoms with Gasteiger partial charge in [-0.25, -0.2) is 4.98 Å². The third-order valence-corrected chi connectivity index (χ3v) is 2.53. The fraction of sp³-hybridized carbons (Fsp3) is 0.143. The summed E-state index contributed by atoms with van der Waals surface area (Å²) in [5.41, 5.74) is 7.95. The summed E-state index contributed by atoms with van der Waals surface area (Å²) in [7, 11) is 0. The van der Waals surface area contributed by atoms with E-state index in [1.807, 2.05) is 37.3 Å². The molecular weight excluding hydrogens is 226 g/mol. The molecule has 1 aromatic heterocycles. The van der Waals surface area contributed by atoms with E-state index in [1.54, 1.807) is 12.1 Å². The molecule has 1 heterocycles. The van der Waals surface area contributed by atoms with Gasteiger partial charge in [-0.1, -0.05) is 30.3 Å². The molecule has 1 amide bonds. The van der Waals surface area contributed by atoms with Crippen molar-refractivity contribution in [1.82, 2.24) is 10.3 Å². The van der Waals surface area contributed by atoms with Crippen molar-refractivity contribution in [2.24, 2.45) is 0 Å². The van der Waals surface area contributed by atoms with Gasteiger partial charge in [-0.15, -0.1) is 0 Å². The van der Waals surface area contributed by atoms with Crippen LogP contribution in [-0.2, 0) is 6.54 Å². The Morgan fingerprint density at radius 2 is 2.00 bits per heavy atom. The fourth-order valence-electron chi connectivity index (χ4n) is 1.71. The van der Waals surface area contributed by atoms with E-state index in [9.17, 15) is 4.79 Å². The molecule has 4 heteroatoms. The van der Waals surface area contributed by atoms with Crippen LogP contribution >= 0.6 is 0 Å². The van der Waals surface area contributed by atoms with Gasteiger partial charge >= 0.3 is 0 Å². The minimum Gasteiger partial charge on any atom is -0.384 e. The summed E-state index contributed by atoms with van der Waals surface area (Å²) in [5.74, 6) is 0.218. The highest BCUT2D eigenvalue weighted by molar-refractivity contribution is 5.94. The molecule has 0 unspecified atom stereocenters. The minimum atomic E-state index is -0.143. The molecule has 0 atom stereocenters. The fourth-order valence-corrected chi connectivity index (χ4v) is 1.71. The van der Waals surface area contributed by atoms with Crippen molar-refractivity contribution in [1.29, 1.82) is 0 Å². The van der Waals surface area contributed by atoms with Gasteiger partial charge in [0.05, 0.1) is 0 Å². The molecule has 0 aliphatic rings. The predicted molar refractivity (Wildman–Crippen MR) is 71.0 cm³/mol. The number of aromatic nitrogens is 1. The number of pyridine rings is 1. The molecule has 2 aromatic rings. The third kappa shape index (κ3) is 3.07. The van der Waals surface area contributed by atoms with E-state index >= 15 is 0 Å². The normalized spacial score (nSPS) is 10.1. The van der Waals surface area contributed by atoms with Crippen LogP contribution in [0.2, 0.25) is 0 Å². The Hall–Kier alpha value is -2.36. The van der Waals surface area contributed by atoms with Gasteiger partial charge in [0.15, 0.2) is 0 Å². The second-order valence-corrected chi connectivity index (χ2v) is 4.09. The van der Waals surface area contributed by atoms with Crippen LogP contribution in [0.25, 0.3) is 0 Å². The van der Waals surface area contributed by atoms with Crippen LogP contribution in [0.3, 0.4) is 0 Å². The predicted octanol–water partition coefficient (Wildman–Crippen LogP) is 1.90. The summed E-state index contributed by atoms with van der Waals surface area (Å²) < 4.78 is 0. The van der Waals surface area contributed by atoms with Gasteiger partial charge in [0, 0.05) is 17.8 Å². The number of nitrogens with zero attached hydrogens (tertiary/aromatic N) is 1. The monoisotopic (exact) mass is 241 g/mol. The quantitative estimate of drug-likeness (QED) is 0.862. The largest absolute Gasteiger partial charge is 0.384 e. The molecule has 0 aliphatic carbocycles. The maximum atomic E-state index is 11.9. The van der Waals surface area contributed by atoms with Gasteiger partial charge in [-0.3, -0.25) is 4.79 Å². The smallest absolute Gasteiger partial charge is 0.251 e. The first-order chi connectivity index (χ1) is 8.65. The van der Waals surface area contributed by atoms with Crippen LogP contribution in [0.4, 0.5) is 5.82 Å². The average molecular weight is 241 g/mol. The highest BCUT2D eigenvalue weighted by Gasteiger charge is 2.07. The highest BCUT2D eigenvalue weighted by Crippen LogP contribution is 2.07. The second-order valence-electron chi connectivity index (χ2n) is 4.09. The number of carbonyl (C=O) groups is 1. The maximum Gasteiger partial charge on any atom is 0.251 e. The lowest BCUT2D eigenvalue weighted by molar-refractivity contribution is 0.0950. The molecular formula is C14H15N3O. The summed E-state index contributed by atoms with van der Waals surface area (Å²) in [5, 5.41) is 2.85. The van der Waals surface area contributed by atoms with Crippen molar-refractivity contribution in [2.45, 2.75) is 13.5 Å². The van der Waals surface area contributed by atoms with Gasteiger partial charge < -0.3 is 11.1 Å². The van der Waals surface area contributed by atoms with Crippen molar-refractivity contribution in [3.63, 3.8) is 0 Å². The molecule has 0 bridgehead atoms. The lowest BCUT2D eigenvalue weighted by Crippen LogP contribution is -2.23. The van der Waals surface area contributed by atoms with E-state index in [1.165, 1.54) is 0 Å². The molecule has 4 nitrogen and oxygen atoms in total. The Morgan fingerprint density at radius 1 is 1.28 bits per heavy atom. The Morgan fingerprint density at radius 3 is 2.67 bits per heavy atom. The molecule has 3 N–H and O–H groups in total. The summed E-state index contributed by atoms with van der Waals surface area (Å²) in [6, 6.07) is 13.0. The number of hydrogen-bond donors (Lipinski definition) is 2. The van der Waals surface area contributed by atoms with Crippen LogP contribution in [0, 0.1) is 6.92 Å². The molecule has 0 spiro atoms. The van der Waals surface area contributed by atoms with Crippen LogP contribution in [-0.4, -0.2) is 10.9 Å². The minimum absolute atomic E-state index is 0.143. The van der Waals surface area contributed by atoms with E-state index in [0.29, 0.717) is 17.9 Å². The van der Waals surface area contributed by atoms with E-state index in [4.69, 9.17) is 5.73 Å². The van der Waals surface area contributed by atoms with Crippen LogP contribution in [0.15, 0.2) is 42.5 Å². The lowest BCUT2D eigenvalue weighted by Gasteiger charge is -2.06. The number of aryl methyl sites for hydroxylation is 1. The van der Waals surface area contributed by atoms with Gasteiger partial charge in [-0.05, 0) is 24.6 Å². The Balaban J connectivity index is 2.04. The van der Waals surface area contributed by atoms with Gasteiger partial charge in [-0.2, -0.15) is 0 Å². The summed E-state index contributed by atoms with van der Waals surface area (Å²) in [6.07, 6.45) is 0. The second kappa shape index (κ2) is 5.31. The van der Waals surface area contributed by atoms with Crippen molar-refractivity contribution >= 4 is 11.7 Å². The number of nitrogen functional groups attached to an aromatic ring is 1. The lowest BCUT2D eigenvalue weighted by atomic mass is 10.2. The molecule has 0 saturated carbocycles. The van der Waals surface area contributed by atoms with Crippen molar-refractivity contribution < 1.29 is 4.79 Å². The number of benzene rings is 1. The van der Waals surface area contributed by atoms with Crippen LogP contribution < -0.4 is 11.1 Å². The Labute approximate surface area is 106 Å². The molecule has 1 aromatic carbocycles. The first-order valence-corrected chi connectivity index (χ1v) is 5.71. The molecule has 0 aliphatic heterocycles. The third-order valence-electron chi connectivity index (χ3n) is 2.53. The molecule has 0 saturated heterocycles. The topological polar surface area (TPSA) is 68.0 Å². The molecule has 0 fully saturated rings. The zero-order valence-electron chi connectivity index (χ0n) is 10.2. The van der Waals surface area contributed by atoms with Crippen molar-refractivity contribution in [2.75, 3.05) is 5.73 Å². The number of hydrogen-bond acceptors (Lipinski definition) is 3. The van der Waals surface area contributed by atoms with Crippen molar-refractivity contribution in [3.8, 4) is 0 Å². The first kappa shape index (κ1) is 12.1. The Bertz CT molecular complexity index is 532. The molecule has 0 radical (unpaired) electrons. The van der Waals surface area contributed by atoms with E-state index in [0.717, 1.165) is 11.3 Å².